The predicted molar refractivity (Wildman–Crippen MR) is 63.3 cm³/mol. The summed E-state index contributed by atoms with van der Waals surface area (Å²) in [7, 11) is 1.89. The molecule has 6 heteroatoms. The minimum absolute atomic E-state index is 0.672. The smallest absolute Gasteiger partial charge is 0.322 e. The molecule has 0 aliphatic carbocycles. The van der Waals surface area contributed by atoms with Gasteiger partial charge in [-0.2, -0.15) is 0 Å². The van der Waals surface area contributed by atoms with E-state index in [2.05, 4.69) is 4.98 Å². The largest absolute Gasteiger partial charge is 0.480 e. The van der Waals surface area contributed by atoms with Gasteiger partial charge < -0.3 is 21.1 Å². The number of imidazole rings is 1. The first-order valence-corrected chi connectivity index (χ1v) is 5.15. The van der Waals surface area contributed by atoms with Gasteiger partial charge in [0.15, 0.2) is 0 Å². The van der Waals surface area contributed by atoms with Crippen molar-refractivity contribution in [3.05, 3.63) is 30.1 Å². The zero-order valence-electron chi connectivity index (χ0n) is 9.37. The van der Waals surface area contributed by atoms with Crippen LogP contribution in [0.1, 0.15) is 11.6 Å². The molecule has 2 aromatic rings. The molecule has 1 heterocycles. The molecule has 90 valence electrons. The van der Waals surface area contributed by atoms with Gasteiger partial charge in [0.1, 0.15) is 6.04 Å². The molecule has 0 bridgehead atoms. The number of hydrogen-bond acceptors (Lipinski definition) is 4. The maximum Gasteiger partial charge on any atom is 0.322 e. The van der Waals surface area contributed by atoms with Crippen LogP contribution < -0.4 is 11.5 Å². The highest BCUT2D eigenvalue weighted by Gasteiger charge is 2.22. The standard InChI is InChI=1S/C11H14N4O2/c1-15-5-14-7-4-6(2-3-8(7)15)9(12)10(13)11(16)17/h2-5,9-10H,12-13H2,1H3,(H,16,17). The number of aliphatic carboxylic acids is 1. The summed E-state index contributed by atoms with van der Waals surface area (Å²) in [6.45, 7) is 0. The second-order valence-electron chi connectivity index (χ2n) is 3.99. The predicted octanol–water partition coefficient (Wildman–Crippen LogP) is -0.0150. The van der Waals surface area contributed by atoms with Crippen molar-refractivity contribution >= 4 is 17.0 Å². The maximum atomic E-state index is 10.8. The SMILES string of the molecule is Cn1cnc2cc(C(N)C(N)C(=O)O)ccc21. The number of nitrogens with zero attached hydrogens (tertiary/aromatic N) is 2. The Kier molecular flexibility index (Phi) is 2.83. The third-order valence-electron chi connectivity index (χ3n) is 2.81. The molecule has 2 unspecified atom stereocenters. The fraction of sp³-hybridized carbons (Fsp3) is 0.273. The number of carboxylic acid groups (broad SMARTS) is 1. The van der Waals surface area contributed by atoms with Crippen LogP contribution in [-0.2, 0) is 11.8 Å². The summed E-state index contributed by atoms with van der Waals surface area (Å²) in [4.78, 5) is 14.9. The number of nitrogens with two attached hydrogens (primary N) is 2. The van der Waals surface area contributed by atoms with Crippen LogP contribution in [0, 0.1) is 0 Å². The molecular formula is C11H14N4O2. The molecule has 0 aliphatic rings. The van der Waals surface area contributed by atoms with Crippen molar-refractivity contribution in [3.8, 4) is 0 Å². The van der Waals surface area contributed by atoms with Gasteiger partial charge in [-0.3, -0.25) is 4.79 Å². The van der Waals surface area contributed by atoms with Crippen molar-refractivity contribution in [2.75, 3.05) is 0 Å². The van der Waals surface area contributed by atoms with Crippen LogP contribution in [0.15, 0.2) is 24.5 Å². The Hall–Kier alpha value is -1.92. The number of carboxylic acids is 1. The summed E-state index contributed by atoms with van der Waals surface area (Å²) >= 11 is 0. The van der Waals surface area contributed by atoms with E-state index in [1.54, 1.807) is 18.5 Å². The summed E-state index contributed by atoms with van der Waals surface area (Å²) in [5.41, 5.74) is 13.7. The molecule has 0 saturated heterocycles. The fourth-order valence-corrected chi connectivity index (χ4v) is 1.72. The second kappa shape index (κ2) is 4.15. The lowest BCUT2D eigenvalue weighted by molar-refractivity contribution is -0.139. The number of aromatic nitrogens is 2. The Morgan fingerprint density at radius 3 is 2.82 bits per heavy atom. The molecular weight excluding hydrogens is 220 g/mol. The zero-order valence-corrected chi connectivity index (χ0v) is 9.37. The molecule has 6 nitrogen and oxygen atoms in total. The Labute approximate surface area is 97.8 Å². The number of rotatable bonds is 3. The molecule has 2 atom stereocenters. The highest BCUT2D eigenvalue weighted by atomic mass is 16.4. The summed E-state index contributed by atoms with van der Waals surface area (Å²) in [6, 6.07) is 3.54. The van der Waals surface area contributed by atoms with Gasteiger partial charge in [0.05, 0.1) is 23.4 Å². The zero-order chi connectivity index (χ0) is 12.6. The Bertz CT molecular complexity index is 564. The lowest BCUT2D eigenvalue weighted by atomic mass is 10.0. The number of benzene rings is 1. The van der Waals surface area contributed by atoms with E-state index >= 15 is 0 Å². The lowest BCUT2D eigenvalue weighted by Crippen LogP contribution is -2.40. The average molecular weight is 234 g/mol. The van der Waals surface area contributed by atoms with Gasteiger partial charge in [-0.1, -0.05) is 6.07 Å². The molecule has 0 aliphatic heterocycles. The van der Waals surface area contributed by atoms with Crippen molar-refractivity contribution < 1.29 is 9.90 Å². The van der Waals surface area contributed by atoms with E-state index in [1.165, 1.54) is 0 Å². The van der Waals surface area contributed by atoms with E-state index in [0.29, 0.717) is 5.56 Å². The van der Waals surface area contributed by atoms with Gasteiger partial charge in [0.2, 0.25) is 0 Å². The molecule has 1 aromatic carbocycles. The first-order chi connectivity index (χ1) is 8.00. The van der Waals surface area contributed by atoms with Crippen LogP contribution in [0.4, 0.5) is 0 Å². The van der Waals surface area contributed by atoms with E-state index in [1.807, 2.05) is 17.7 Å². The average Bonchev–Trinajstić information content (AvgIpc) is 2.68. The quantitative estimate of drug-likeness (QED) is 0.692. The van der Waals surface area contributed by atoms with Gasteiger partial charge in [0, 0.05) is 7.05 Å². The van der Waals surface area contributed by atoms with Crippen LogP contribution in [0.3, 0.4) is 0 Å². The minimum atomic E-state index is -1.11. The minimum Gasteiger partial charge on any atom is -0.480 e. The number of aryl methyl sites for hydroxylation is 1. The normalized spacial score (nSPS) is 14.8. The van der Waals surface area contributed by atoms with E-state index in [-0.39, 0.29) is 0 Å². The number of carbonyl (C=O) groups is 1. The van der Waals surface area contributed by atoms with Gasteiger partial charge in [-0.05, 0) is 17.7 Å². The monoisotopic (exact) mass is 234 g/mol. The van der Waals surface area contributed by atoms with Crippen LogP contribution in [0.25, 0.3) is 11.0 Å². The van der Waals surface area contributed by atoms with Gasteiger partial charge in [-0.15, -0.1) is 0 Å². The molecule has 2 rings (SSSR count). The first kappa shape index (κ1) is 11.6. The molecule has 0 spiro atoms. The fourth-order valence-electron chi connectivity index (χ4n) is 1.72. The first-order valence-electron chi connectivity index (χ1n) is 5.15. The Morgan fingerprint density at radius 1 is 1.47 bits per heavy atom. The van der Waals surface area contributed by atoms with Crippen LogP contribution in [-0.4, -0.2) is 26.7 Å². The van der Waals surface area contributed by atoms with Gasteiger partial charge in [0.25, 0.3) is 0 Å². The van der Waals surface area contributed by atoms with Crippen molar-refractivity contribution in [2.45, 2.75) is 12.1 Å². The van der Waals surface area contributed by atoms with Crippen LogP contribution in [0.5, 0.6) is 0 Å². The van der Waals surface area contributed by atoms with E-state index in [9.17, 15) is 4.79 Å². The summed E-state index contributed by atoms with van der Waals surface area (Å²) in [5.74, 6) is -1.11. The second-order valence-corrected chi connectivity index (χ2v) is 3.99. The summed E-state index contributed by atoms with van der Waals surface area (Å²) < 4.78 is 1.88. The van der Waals surface area contributed by atoms with Crippen LogP contribution in [0.2, 0.25) is 0 Å². The van der Waals surface area contributed by atoms with E-state index in [4.69, 9.17) is 16.6 Å². The highest BCUT2D eigenvalue weighted by molar-refractivity contribution is 5.78. The van der Waals surface area contributed by atoms with Gasteiger partial charge in [-0.25, -0.2) is 4.98 Å². The molecule has 5 N–H and O–H groups in total. The lowest BCUT2D eigenvalue weighted by Gasteiger charge is -2.16. The van der Waals surface area contributed by atoms with E-state index < -0.39 is 18.1 Å². The summed E-state index contributed by atoms with van der Waals surface area (Å²) in [6.07, 6.45) is 1.69. The van der Waals surface area contributed by atoms with Crippen LogP contribution >= 0.6 is 0 Å². The molecule has 0 saturated carbocycles. The molecule has 0 radical (unpaired) electrons. The van der Waals surface area contributed by atoms with Crippen molar-refractivity contribution in [1.29, 1.82) is 0 Å². The molecule has 0 amide bonds. The number of hydrogen-bond donors (Lipinski definition) is 3. The van der Waals surface area contributed by atoms with Gasteiger partial charge >= 0.3 is 5.97 Å². The van der Waals surface area contributed by atoms with Crippen molar-refractivity contribution in [3.63, 3.8) is 0 Å². The van der Waals surface area contributed by atoms with Crippen molar-refractivity contribution in [2.24, 2.45) is 18.5 Å². The third kappa shape index (κ3) is 2.00. The maximum absolute atomic E-state index is 10.8. The molecule has 1 aromatic heterocycles. The van der Waals surface area contributed by atoms with E-state index in [0.717, 1.165) is 11.0 Å². The number of fused-ring (bicyclic) bond motifs is 1. The molecule has 0 fully saturated rings. The Morgan fingerprint density at radius 2 is 2.18 bits per heavy atom. The summed E-state index contributed by atoms with van der Waals surface area (Å²) in [5, 5.41) is 8.81. The van der Waals surface area contributed by atoms with Crippen molar-refractivity contribution in [1.82, 2.24) is 9.55 Å². The molecule has 17 heavy (non-hydrogen) atoms. The highest BCUT2D eigenvalue weighted by Crippen LogP contribution is 2.19. The Balaban J connectivity index is 2.39. The topological polar surface area (TPSA) is 107 Å². The third-order valence-corrected chi connectivity index (χ3v) is 2.81.